The lowest BCUT2D eigenvalue weighted by atomic mass is 10.0. The van der Waals surface area contributed by atoms with Crippen LogP contribution < -0.4 is 21.1 Å². The van der Waals surface area contributed by atoms with Crippen LogP contribution in [0.3, 0.4) is 0 Å². The Kier molecular flexibility index (Phi) is 6.51. The van der Waals surface area contributed by atoms with Gasteiger partial charge in [-0.2, -0.15) is 0 Å². The number of rotatable bonds is 7. The standard InChI is InChI=1S/C23H26N6O4S2/c1-25-15(8-14-11-35-23(24)26-14)19(30)27-17-20(31)29-18(22(32)33)13(10-34-21(17)29)9-28-7-3-5-12-4-2-6-16(12)28/h3,5,11,17,21H,2,4,6-10H2,1H3,(H2,24,26)(H,27,30)(H,32,33). The third kappa shape index (κ3) is 4.41. The van der Waals surface area contributed by atoms with Gasteiger partial charge >= 0.3 is 0 Å². The molecule has 3 atom stereocenters. The van der Waals surface area contributed by atoms with Crippen molar-refractivity contribution in [3.63, 3.8) is 0 Å². The van der Waals surface area contributed by atoms with E-state index in [0.29, 0.717) is 28.7 Å². The molecule has 0 saturated carbocycles. The number of quaternary nitrogens is 1. The molecule has 0 spiro atoms. The zero-order chi connectivity index (χ0) is 24.7. The molecule has 184 valence electrons. The van der Waals surface area contributed by atoms with Crippen LogP contribution in [0.15, 0.2) is 45.1 Å². The molecule has 5 rings (SSSR count). The number of nitrogens with zero attached hydrogens (tertiary/aromatic N) is 3. The minimum atomic E-state index is -1.35. The number of β-lactam (4-membered cyclic amide) rings is 1. The van der Waals surface area contributed by atoms with Gasteiger partial charge in [0.2, 0.25) is 0 Å². The van der Waals surface area contributed by atoms with Crippen LogP contribution in [0, 0.1) is 0 Å². The minimum absolute atomic E-state index is 0.0474. The van der Waals surface area contributed by atoms with Crippen molar-refractivity contribution in [1.82, 2.24) is 15.2 Å². The summed E-state index contributed by atoms with van der Waals surface area (Å²) in [6, 6.07) is -0.824. The maximum absolute atomic E-state index is 13.0. The van der Waals surface area contributed by atoms with E-state index >= 15 is 0 Å². The maximum atomic E-state index is 13.0. The number of nitrogen functional groups attached to an aromatic ring is 1. The van der Waals surface area contributed by atoms with Crippen molar-refractivity contribution in [3.05, 3.63) is 45.8 Å². The van der Waals surface area contributed by atoms with E-state index in [1.54, 1.807) is 5.38 Å². The lowest BCUT2D eigenvalue weighted by molar-refractivity contribution is -0.851. The van der Waals surface area contributed by atoms with Crippen molar-refractivity contribution in [2.45, 2.75) is 37.1 Å². The number of anilines is 1. The van der Waals surface area contributed by atoms with Gasteiger partial charge in [-0.1, -0.05) is 6.08 Å². The monoisotopic (exact) mass is 514 g/mol. The molecular formula is C23H26N6O4S2. The summed E-state index contributed by atoms with van der Waals surface area (Å²) in [7, 11) is 1.50. The van der Waals surface area contributed by atoms with Crippen molar-refractivity contribution in [2.75, 3.05) is 31.6 Å². The number of aromatic nitrogens is 1. The maximum Gasteiger partial charge on any atom is 0.266 e. The highest BCUT2D eigenvalue weighted by molar-refractivity contribution is 8.00. The first kappa shape index (κ1) is 23.8. The van der Waals surface area contributed by atoms with Gasteiger partial charge in [0, 0.05) is 42.2 Å². The van der Waals surface area contributed by atoms with Gasteiger partial charge < -0.3 is 21.0 Å². The second-order valence-corrected chi connectivity index (χ2v) is 10.9. The molecule has 3 aliphatic heterocycles. The molecule has 4 N–H and O–H groups in total. The molecule has 0 bridgehead atoms. The molecule has 0 aromatic carbocycles. The Morgan fingerprint density at radius 2 is 2.23 bits per heavy atom. The Morgan fingerprint density at radius 1 is 1.40 bits per heavy atom. The number of carbonyl (C=O) groups excluding carboxylic acids is 3. The Bertz CT molecular complexity index is 1220. The predicted octanol–water partition coefficient (Wildman–Crippen LogP) is -1.36. The minimum Gasteiger partial charge on any atom is -0.543 e. The summed E-state index contributed by atoms with van der Waals surface area (Å²) in [4.78, 5) is 48.7. The first-order chi connectivity index (χ1) is 16.9. The van der Waals surface area contributed by atoms with Crippen LogP contribution in [0.2, 0.25) is 0 Å². The number of hydrogen-bond donors (Lipinski definition) is 3. The van der Waals surface area contributed by atoms with Crippen LogP contribution >= 0.6 is 23.1 Å². The van der Waals surface area contributed by atoms with Gasteiger partial charge in [-0.05, 0) is 18.9 Å². The molecular weight excluding hydrogens is 488 g/mol. The number of carboxylic acid groups (broad SMARTS) is 1. The average molecular weight is 515 g/mol. The van der Waals surface area contributed by atoms with E-state index in [1.165, 1.54) is 51.2 Å². The largest absolute Gasteiger partial charge is 0.543 e. The number of thiazole rings is 1. The van der Waals surface area contributed by atoms with E-state index in [-0.39, 0.29) is 17.8 Å². The molecule has 1 saturated heterocycles. The number of nitrogens with two attached hydrogens (primary N) is 1. The summed E-state index contributed by atoms with van der Waals surface area (Å²) in [6.45, 7) is 1.32. The molecule has 1 fully saturated rings. The number of hydrogen-bond acceptors (Lipinski definition) is 9. The normalized spacial score (nSPS) is 26.0. The van der Waals surface area contributed by atoms with Crippen LogP contribution in [-0.4, -0.2) is 70.7 Å². The third-order valence-corrected chi connectivity index (χ3v) is 8.84. The molecule has 1 aliphatic carbocycles. The van der Waals surface area contributed by atoms with Crippen molar-refractivity contribution in [2.24, 2.45) is 4.99 Å². The Morgan fingerprint density at radius 3 is 2.94 bits per heavy atom. The summed E-state index contributed by atoms with van der Waals surface area (Å²) in [5.74, 6) is -1.82. The molecule has 1 aromatic heterocycles. The van der Waals surface area contributed by atoms with E-state index in [9.17, 15) is 19.5 Å². The fourth-order valence-electron chi connectivity index (χ4n) is 5.13. The molecule has 12 heteroatoms. The number of allylic oxidation sites excluding steroid dienone is 3. The van der Waals surface area contributed by atoms with Crippen molar-refractivity contribution < 1.29 is 24.4 Å². The van der Waals surface area contributed by atoms with Gasteiger partial charge in [-0.3, -0.25) is 24.4 Å². The molecule has 3 unspecified atom stereocenters. The van der Waals surface area contributed by atoms with Gasteiger partial charge in [0.1, 0.15) is 35.9 Å². The van der Waals surface area contributed by atoms with E-state index in [2.05, 4.69) is 27.4 Å². The van der Waals surface area contributed by atoms with Gasteiger partial charge in [0.05, 0.1) is 17.4 Å². The number of thioether (sulfide) groups is 1. The van der Waals surface area contributed by atoms with E-state index in [1.807, 2.05) is 0 Å². The second-order valence-electron chi connectivity index (χ2n) is 8.87. The van der Waals surface area contributed by atoms with Crippen LogP contribution in [0.25, 0.3) is 0 Å². The predicted molar refractivity (Wildman–Crippen MR) is 131 cm³/mol. The Balaban J connectivity index is 1.29. The fraction of sp³-hybridized carbons (Fsp3) is 0.435. The Hall–Kier alpha value is -2.96. The number of carboxylic acids is 1. The smallest absolute Gasteiger partial charge is 0.266 e. The summed E-state index contributed by atoms with van der Waals surface area (Å²) >= 11 is 2.74. The number of carbonyl (C=O) groups is 3. The zero-order valence-electron chi connectivity index (χ0n) is 19.2. The van der Waals surface area contributed by atoms with E-state index in [4.69, 9.17) is 5.73 Å². The second kappa shape index (κ2) is 9.59. The molecule has 2 amide bonds. The molecule has 0 radical (unpaired) electrons. The van der Waals surface area contributed by atoms with Crippen molar-refractivity contribution in [3.8, 4) is 0 Å². The molecule has 4 aliphatic rings. The van der Waals surface area contributed by atoms with Gasteiger partial charge in [-0.25, -0.2) is 4.98 Å². The highest BCUT2D eigenvalue weighted by Gasteiger charge is 2.53. The van der Waals surface area contributed by atoms with E-state index < -0.39 is 29.2 Å². The van der Waals surface area contributed by atoms with Gasteiger partial charge in [-0.15, -0.1) is 23.1 Å². The lowest BCUT2D eigenvalue weighted by Crippen LogP contribution is -3.10. The number of aliphatic carboxylic acids is 1. The van der Waals surface area contributed by atoms with Gasteiger partial charge in [0.15, 0.2) is 5.13 Å². The highest BCUT2D eigenvalue weighted by Crippen LogP contribution is 2.40. The van der Waals surface area contributed by atoms with Crippen LogP contribution in [-0.2, 0) is 20.8 Å². The Labute approximate surface area is 210 Å². The summed E-state index contributed by atoms with van der Waals surface area (Å²) in [6.07, 6.45) is 7.69. The van der Waals surface area contributed by atoms with Crippen LogP contribution in [0.1, 0.15) is 25.0 Å². The highest BCUT2D eigenvalue weighted by atomic mass is 32.2. The number of amides is 2. The molecule has 4 heterocycles. The van der Waals surface area contributed by atoms with Crippen molar-refractivity contribution in [1.29, 1.82) is 0 Å². The fourth-order valence-corrected chi connectivity index (χ4v) is 7.04. The summed E-state index contributed by atoms with van der Waals surface area (Å²) in [5, 5.41) is 16.5. The number of aliphatic imine (C=N–C) groups is 1. The first-order valence-corrected chi connectivity index (χ1v) is 13.4. The zero-order valence-corrected chi connectivity index (χ0v) is 20.8. The molecule has 1 aromatic rings. The van der Waals surface area contributed by atoms with Gasteiger partial charge in [0.25, 0.3) is 11.8 Å². The SMILES string of the molecule is CN=C(Cc1csc(N)n1)C(=O)NC1C(=O)N2C(C(=O)[O-])=C(C[NH+]3CC=CC4=C3CCC4)CSC12. The van der Waals surface area contributed by atoms with E-state index in [0.717, 1.165) is 25.8 Å². The number of fused-ring (bicyclic) bond motifs is 1. The summed E-state index contributed by atoms with van der Waals surface area (Å²) < 4.78 is 0. The lowest BCUT2D eigenvalue weighted by Gasteiger charge is -2.50. The first-order valence-electron chi connectivity index (χ1n) is 11.5. The van der Waals surface area contributed by atoms with Crippen LogP contribution in [0.5, 0.6) is 0 Å². The average Bonchev–Trinajstić information content (AvgIpc) is 3.49. The molecule has 10 nitrogen and oxygen atoms in total. The van der Waals surface area contributed by atoms with Crippen molar-refractivity contribution >= 4 is 51.7 Å². The third-order valence-electron chi connectivity index (χ3n) is 6.77. The molecule has 35 heavy (non-hydrogen) atoms. The topological polar surface area (TPSA) is 145 Å². The quantitative estimate of drug-likeness (QED) is 0.301. The van der Waals surface area contributed by atoms with Crippen LogP contribution in [0.4, 0.5) is 5.13 Å². The number of nitrogens with one attached hydrogen (secondary N) is 2. The summed E-state index contributed by atoms with van der Waals surface area (Å²) in [5.41, 5.74) is 9.85.